The van der Waals surface area contributed by atoms with E-state index in [2.05, 4.69) is 80.2 Å². The number of nitrogens with two attached hydrogens (primary N) is 2. The summed E-state index contributed by atoms with van der Waals surface area (Å²) in [5.41, 5.74) is 11.2. The lowest BCUT2D eigenvalue weighted by Crippen LogP contribution is -2.57. The van der Waals surface area contributed by atoms with Crippen LogP contribution in [0.1, 0.15) is 149 Å². The van der Waals surface area contributed by atoms with Gasteiger partial charge in [0.1, 0.15) is 48.3 Å². The summed E-state index contributed by atoms with van der Waals surface area (Å²) in [5, 5.41) is 46.3. The van der Waals surface area contributed by atoms with Gasteiger partial charge in [-0.3, -0.25) is 71.8 Å². The summed E-state index contributed by atoms with van der Waals surface area (Å²) < 4.78 is 16.0. The van der Waals surface area contributed by atoms with Crippen LogP contribution in [0.4, 0.5) is 0 Å². The lowest BCUT2D eigenvalue weighted by Gasteiger charge is -2.23. The number of carboxylic acids is 2. The normalized spacial score (nSPS) is 13.5. The zero-order chi connectivity index (χ0) is 70.8. The number of amides is 12. The molecule has 0 aliphatic heterocycles. The predicted octanol–water partition coefficient (Wildman–Crippen LogP) is -3.14. The van der Waals surface area contributed by atoms with Crippen molar-refractivity contribution < 1.29 is 96.2 Å². The van der Waals surface area contributed by atoms with Crippen molar-refractivity contribution in [2.75, 3.05) is 39.3 Å². The molecule has 35 nitrogen and oxygen atoms in total. The van der Waals surface area contributed by atoms with Gasteiger partial charge in [0.15, 0.2) is 5.96 Å². The van der Waals surface area contributed by atoms with E-state index in [-0.39, 0.29) is 44.1 Å². The minimum Gasteiger partial charge on any atom is -0.481 e. The molecule has 0 radical (unpaired) electrons. The fraction of sp³-hybridized carbons (Fsp3) is 0.638. The van der Waals surface area contributed by atoms with Gasteiger partial charge in [0.25, 0.3) is 0 Å². The molecule has 1 aromatic carbocycles. The Bertz CT molecular complexity index is 2750. The second-order valence-corrected chi connectivity index (χ2v) is 23.4. The molecule has 0 saturated carbocycles. The maximum atomic E-state index is 13.6. The van der Waals surface area contributed by atoms with E-state index >= 15 is 0 Å². The van der Waals surface area contributed by atoms with Crippen molar-refractivity contribution in [2.45, 2.75) is 199 Å². The van der Waals surface area contributed by atoms with Crippen LogP contribution in [0, 0.1) is 0 Å². The van der Waals surface area contributed by atoms with Gasteiger partial charge >= 0.3 is 19.8 Å². The third-order valence-corrected chi connectivity index (χ3v) is 14.3. The standard InChI is InChI=1S/C58H96N15O20P/c1-6-7-8-9-10-11-12-13-14-15-16-17-21-26-44(74)66-36(3)51(82)68-38(5)53(84)69-37(4)52(83)67-35(2)50(81)64-31-46(76)62-30-45(75)63-32-47(77)71-43(34-93-94(90,91)92)56(87)72-40(25-22-27-61-58(59)60)54(85)65-33-48(78)70-41(29-49(79)80)55(86)73-42(57(88)89)28-39-23-19-18-20-24-39/h18-20,23-24,35-38,40-43H,6-17,21-22,25-34H2,1-5H3,(H,62,76)(H,63,75)(H,64,81)(H,65,85)(H,66,74)(H,67,83)(H,68,82)(H,69,84)(H,70,78)(H,71,77)(H,72,87)(H,73,86)(H,79,80)(H,88,89)(H4,59,60,61)(H2,90,91,92)/t35-,36-,37-,38-,40-,41-,42-,43-/m0/s1. The van der Waals surface area contributed by atoms with Crippen molar-refractivity contribution in [2.24, 2.45) is 16.5 Å². The lowest BCUT2D eigenvalue weighted by molar-refractivity contribution is -0.143. The molecule has 528 valence electrons. The second kappa shape index (κ2) is 46.3. The van der Waals surface area contributed by atoms with Gasteiger partial charge in [0.05, 0.1) is 39.2 Å². The number of hydrogen-bond donors (Lipinski definition) is 18. The summed E-state index contributed by atoms with van der Waals surface area (Å²) in [7, 11) is -5.34. The first-order valence-electron chi connectivity index (χ1n) is 31.0. The van der Waals surface area contributed by atoms with Crippen molar-refractivity contribution in [3.05, 3.63) is 35.9 Å². The highest BCUT2D eigenvalue weighted by molar-refractivity contribution is 7.46. The molecule has 0 heterocycles. The Kier molecular flexibility index (Phi) is 41.0. The van der Waals surface area contributed by atoms with E-state index in [4.69, 9.17) is 11.5 Å². The first-order chi connectivity index (χ1) is 44.3. The van der Waals surface area contributed by atoms with Crippen molar-refractivity contribution >= 4 is 96.6 Å². The molecule has 0 saturated heterocycles. The predicted molar refractivity (Wildman–Crippen MR) is 338 cm³/mol. The number of carboxylic acid groups (broad SMARTS) is 2. The van der Waals surface area contributed by atoms with E-state index in [1.807, 2.05) is 0 Å². The van der Waals surface area contributed by atoms with Crippen molar-refractivity contribution in [1.29, 1.82) is 0 Å². The van der Waals surface area contributed by atoms with Gasteiger partial charge in [0.2, 0.25) is 70.9 Å². The van der Waals surface area contributed by atoms with Gasteiger partial charge in [0, 0.05) is 19.4 Å². The number of nitrogens with zero attached hydrogens (tertiary/aromatic N) is 1. The van der Waals surface area contributed by atoms with Gasteiger partial charge in [-0.25, -0.2) is 9.36 Å². The van der Waals surface area contributed by atoms with Gasteiger partial charge in [-0.15, -0.1) is 0 Å². The monoisotopic (exact) mass is 1350 g/mol. The van der Waals surface area contributed by atoms with Crippen LogP contribution in [0.5, 0.6) is 0 Å². The van der Waals surface area contributed by atoms with Crippen LogP contribution in [0.15, 0.2) is 35.3 Å². The van der Waals surface area contributed by atoms with Crippen LogP contribution in [0.3, 0.4) is 0 Å². The fourth-order valence-electron chi connectivity index (χ4n) is 8.58. The number of aliphatic carboxylic acids is 2. The largest absolute Gasteiger partial charge is 0.481 e. The molecule has 0 bridgehead atoms. The molecule has 94 heavy (non-hydrogen) atoms. The van der Waals surface area contributed by atoms with Crippen LogP contribution in [-0.4, -0.2) is 196 Å². The summed E-state index contributed by atoms with van der Waals surface area (Å²) >= 11 is 0. The number of aliphatic imine (C=N–C) groups is 1. The first kappa shape index (κ1) is 83.2. The maximum absolute atomic E-state index is 13.6. The number of guanidine groups is 1. The van der Waals surface area contributed by atoms with Gasteiger partial charge < -0.3 is 95.3 Å². The number of phosphoric acid groups is 1. The van der Waals surface area contributed by atoms with E-state index in [1.54, 1.807) is 30.3 Å². The second-order valence-electron chi connectivity index (χ2n) is 22.2. The molecule has 0 spiro atoms. The van der Waals surface area contributed by atoms with E-state index < -0.39 is 172 Å². The summed E-state index contributed by atoms with van der Waals surface area (Å²) in [6.07, 6.45) is 13.8. The third kappa shape index (κ3) is 39.5. The molecule has 0 aliphatic rings. The minimum atomic E-state index is -5.34. The number of carbonyl (C=O) groups is 14. The summed E-state index contributed by atoms with van der Waals surface area (Å²) in [4.78, 5) is 201. The van der Waals surface area contributed by atoms with Crippen LogP contribution in [0.25, 0.3) is 0 Å². The number of carbonyl (C=O) groups excluding carboxylic acids is 12. The Balaban J connectivity index is 2.71. The van der Waals surface area contributed by atoms with Crippen molar-refractivity contribution in [1.82, 2.24) is 63.8 Å². The number of nitrogens with one attached hydrogen (secondary N) is 12. The van der Waals surface area contributed by atoms with E-state index in [9.17, 15) is 91.7 Å². The summed E-state index contributed by atoms with van der Waals surface area (Å²) in [5.74, 6) is -14.6. The van der Waals surface area contributed by atoms with Crippen LogP contribution < -0.4 is 75.3 Å². The average molecular weight is 1350 g/mol. The zero-order valence-corrected chi connectivity index (χ0v) is 54.7. The number of benzene rings is 1. The molecule has 36 heteroatoms. The molecule has 0 fully saturated rings. The molecule has 0 aromatic heterocycles. The van der Waals surface area contributed by atoms with Gasteiger partial charge in [-0.2, -0.15) is 0 Å². The minimum absolute atomic E-state index is 0.0453. The fourth-order valence-corrected chi connectivity index (χ4v) is 8.93. The number of rotatable bonds is 49. The van der Waals surface area contributed by atoms with E-state index in [0.717, 1.165) is 19.3 Å². The first-order valence-corrected chi connectivity index (χ1v) is 32.6. The molecule has 1 aromatic rings. The van der Waals surface area contributed by atoms with E-state index in [1.165, 1.54) is 85.5 Å². The average Bonchev–Trinajstić information content (AvgIpc) is 0.972. The highest BCUT2D eigenvalue weighted by atomic mass is 31.2. The molecule has 8 atom stereocenters. The van der Waals surface area contributed by atoms with Gasteiger partial charge in [-0.1, -0.05) is 114 Å². The lowest BCUT2D eigenvalue weighted by atomic mass is 10.0. The number of hydrogen-bond acceptors (Lipinski definition) is 17. The summed E-state index contributed by atoms with van der Waals surface area (Å²) in [6.45, 7) is 2.87. The van der Waals surface area contributed by atoms with Crippen molar-refractivity contribution in [3.8, 4) is 0 Å². The summed E-state index contributed by atoms with van der Waals surface area (Å²) in [6, 6.07) is -3.52. The Morgan fingerprint density at radius 2 is 0.894 bits per heavy atom. The molecule has 1 rings (SSSR count). The number of unbranched alkanes of at least 4 members (excludes halogenated alkanes) is 12. The van der Waals surface area contributed by atoms with Crippen LogP contribution in [0.2, 0.25) is 0 Å². The van der Waals surface area contributed by atoms with Crippen LogP contribution >= 0.6 is 7.82 Å². The molecular weight excluding hydrogens is 1260 g/mol. The topological polar surface area (TPSA) is 555 Å². The molecule has 0 aliphatic carbocycles. The Morgan fingerprint density at radius 3 is 1.38 bits per heavy atom. The number of phosphoric ester groups is 1. The highest BCUT2D eigenvalue weighted by Gasteiger charge is 2.32. The third-order valence-electron chi connectivity index (χ3n) is 13.8. The molecule has 0 unspecified atom stereocenters. The highest BCUT2D eigenvalue weighted by Crippen LogP contribution is 2.35. The van der Waals surface area contributed by atoms with Crippen molar-refractivity contribution in [3.63, 3.8) is 0 Å². The molecular formula is C58H96N15O20P. The van der Waals surface area contributed by atoms with Gasteiger partial charge in [-0.05, 0) is 52.5 Å². The Hall–Kier alpha value is -8.82. The zero-order valence-electron chi connectivity index (χ0n) is 53.8. The SMILES string of the molecule is CCCCCCCCCCCCCCCC(=O)N[C@@H](C)C(=O)N[C@@H](C)C(=O)N[C@@H](C)C(=O)N[C@@H](C)C(=O)NCC(=O)NCC(=O)NCC(=O)N[C@@H](COP(=O)(O)O)C(=O)N[C@@H](CCCN=C(N)N)C(=O)NCC(=O)N[C@@H](CC(=O)O)C(=O)N[C@@H](Cc1ccccc1)C(=O)O. The smallest absolute Gasteiger partial charge is 0.469 e. The molecule has 20 N–H and O–H groups in total. The van der Waals surface area contributed by atoms with E-state index in [0.29, 0.717) is 12.0 Å². The quantitative estimate of drug-likeness (QED) is 0.0133. The van der Waals surface area contributed by atoms with Crippen LogP contribution in [-0.2, 0) is 82.6 Å². The maximum Gasteiger partial charge on any atom is 0.469 e. The Labute approximate surface area is 545 Å². The molecule has 12 amide bonds. The Morgan fingerprint density at radius 1 is 0.468 bits per heavy atom.